The van der Waals surface area contributed by atoms with E-state index in [0.29, 0.717) is 49.2 Å². The van der Waals surface area contributed by atoms with E-state index in [1.165, 1.54) is 0 Å². The second-order valence-electron chi connectivity index (χ2n) is 12.7. The zero-order valence-electron chi connectivity index (χ0n) is 26.3. The Morgan fingerprint density at radius 2 is 1.87 bits per heavy atom. The average molecular weight is 632 g/mol. The fourth-order valence-electron chi connectivity index (χ4n) is 6.85. The Hall–Kier alpha value is -5.51. The van der Waals surface area contributed by atoms with Crippen molar-refractivity contribution in [2.75, 3.05) is 28.2 Å². The molecule has 1 aliphatic carbocycles. The Labute approximate surface area is 273 Å². The number of nitrogens with zero attached hydrogens (tertiary/aromatic N) is 8. The molecule has 0 radical (unpaired) electrons. The van der Waals surface area contributed by atoms with Crippen LogP contribution in [-0.4, -0.2) is 67.4 Å². The monoisotopic (exact) mass is 631 g/mol. The summed E-state index contributed by atoms with van der Waals surface area (Å²) in [6.45, 7) is 1.69. The van der Waals surface area contributed by atoms with Gasteiger partial charge in [0.1, 0.15) is 17.5 Å². The van der Waals surface area contributed by atoms with Crippen LogP contribution >= 0.6 is 0 Å². The van der Waals surface area contributed by atoms with Crippen LogP contribution in [-0.2, 0) is 18.4 Å². The van der Waals surface area contributed by atoms with E-state index in [0.717, 1.165) is 48.8 Å². The van der Waals surface area contributed by atoms with Crippen molar-refractivity contribution in [2.45, 2.75) is 62.7 Å². The Kier molecular flexibility index (Phi) is 8.15. The lowest BCUT2D eigenvalue weighted by molar-refractivity contribution is -0.119. The van der Waals surface area contributed by atoms with E-state index in [1.54, 1.807) is 28.2 Å². The number of aryl methyl sites for hydroxylation is 1. The van der Waals surface area contributed by atoms with E-state index >= 15 is 0 Å². The van der Waals surface area contributed by atoms with Crippen molar-refractivity contribution in [3.8, 4) is 17.2 Å². The molecule has 240 valence electrons. The number of urea groups is 1. The van der Waals surface area contributed by atoms with Crippen molar-refractivity contribution in [3.05, 3.63) is 78.4 Å². The predicted octanol–water partition coefficient (Wildman–Crippen LogP) is 3.75. The number of nitrogens with one attached hydrogen (secondary N) is 3. The molecule has 1 spiro atoms. The van der Waals surface area contributed by atoms with Crippen LogP contribution < -0.4 is 25.8 Å². The lowest BCUT2D eigenvalue weighted by atomic mass is 9.88. The van der Waals surface area contributed by atoms with Crippen LogP contribution in [0, 0.1) is 11.3 Å². The van der Waals surface area contributed by atoms with Crippen molar-refractivity contribution in [3.63, 3.8) is 0 Å². The van der Waals surface area contributed by atoms with Crippen molar-refractivity contribution >= 4 is 29.5 Å². The second-order valence-corrected chi connectivity index (χ2v) is 12.7. The molecular weight excluding hydrogens is 594 g/mol. The number of amides is 3. The molecule has 3 aliphatic rings. The summed E-state index contributed by atoms with van der Waals surface area (Å²) in [6.07, 6.45) is 11.6. The van der Waals surface area contributed by atoms with E-state index in [1.807, 2.05) is 60.6 Å². The van der Waals surface area contributed by atoms with Crippen LogP contribution in [0.5, 0.6) is 0 Å². The molecule has 4 aromatic rings. The highest BCUT2D eigenvalue weighted by atomic mass is 16.2. The van der Waals surface area contributed by atoms with Crippen molar-refractivity contribution in [1.82, 2.24) is 35.4 Å². The lowest BCUT2D eigenvalue weighted by Crippen LogP contribution is -2.67. The maximum atomic E-state index is 13.7. The molecule has 13 nitrogen and oxygen atoms in total. The lowest BCUT2D eigenvalue weighted by Gasteiger charge is -2.48. The molecule has 5 heterocycles. The van der Waals surface area contributed by atoms with Crippen molar-refractivity contribution < 1.29 is 9.59 Å². The number of anilines is 3. The highest BCUT2D eigenvalue weighted by Gasteiger charge is 2.48. The van der Waals surface area contributed by atoms with Gasteiger partial charge >= 0.3 is 6.03 Å². The van der Waals surface area contributed by atoms with Gasteiger partial charge in [0.05, 0.1) is 17.9 Å². The van der Waals surface area contributed by atoms with Crippen molar-refractivity contribution in [1.29, 1.82) is 5.26 Å². The topological polar surface area (TPSA) is 157 Å². The molecule has 3 amide bonds. The molecular formula is C34H37N11O2. The van der Waals surface area contributed by atoms with Gasteiger partial charge in [-0.25, -0.2) is 14.8 Å². The molecule has 1 aromatic carbocycles. The SMILES string of the molecule is Cn1cc(-c2ccc(N(C(=O)NCc3ccccc3)C3CCC(Nc4ncc(C#N)c(N5CC6(CCC(=O)N6)C5)n4)CC3)nc2)cn1. The normalized spacial score (nSPS) is 19.8. The predicted molar refractivity (Wildman–Crippen MR) is 176 cm³/mol. The highest BCUT2D eigenvalue weighted by molar-refractivity contribution is 5.91. The Morgan fingerprint density at radius 3 is 2.53 bits per heavy atom. The Bertz CT molecular complexity index is 1790. The third kappa shape index (κ3) is 6.44. The molecule has 13 heteroatoms. The van der Waals surface area contributed by atoms with Crippen molar-refractivity contribution in [2.24, 2.45) is 7.05 Å². The molecule has 7 rings (SSSR count). The highest BCUT2D eigenvalue weighted by Crippen LogP contribution is 2.35. The minimum absolute atomic E-state index is 0.0445. The van der Waals surface area contributed by atoms with Gasteiger partial charge in [0, 0.05) is 68.7 Å². The molecule has 2 aliphatic heterocycles. The van der Waals surface area contributed by atoms with Crippen LogP contribution in [0.3, 0.4) is 0 Å². The first-order valence-corrected chi connectivity index (χ1v) is 16.0. The molecule has 0 atom stereocenters. The van der Waals surface area contributed by atoms with Gasteiger partial charge in [-0.3, -0.25) is 14.4 Å². The number of aromatic nitrogens is 5. The summed E-state index contributed by atoms with van der Waals surface area (Å²) < 4.78 is 1.75. The zero-order chi connectivity index (χ0) is 32.4. The van der Waals surface area contributed by atoms with Gasteiger partial charge in [0.25, 0.3) is 0 Å². The maximum absolute atomic E-state index is 13.7. The Balaban J connectivity index is 1.03. The zero-order valence-corrected chi connectivity index (χ0v) is 26.3. The van der Waals surface area contributed by atoms with Crippen LogP contribution in [0.4, 0.5) is 22.4 Å². The number of hydrogen-bond acceptors (Lipinski definition) is 9. The van der Waals surface area contributed by atoms with Gasteiger partial charge in [-0.1, -0.05) is 30.3 Å². The summed E-state index contributed by atoms with van der Waals surface area (Å²) in [5.74, 6) is 1.75. The number of nitriles is 1. The van der Waals surface area contributed by atoms with Crippen LogP contribution in [0.15, 0.2) is 67.3 Å². The van der Waals surface area contributed by atoms with Crippen LogP contribution in [0.2, 0.25) is 0 Å². The van der Waals surface area contributed by atoms with Gasteiger partial charge < -0.3 is 20.9 Å². The molecule has 47 heavy (non-hydrogen) atoms. The number of benzene rings is 1. The third-order valence-electron chi connectivity index (χ3n) is 9.34. The first kappa shape index (κ1) is 30.2. The molecule has 3 N–H and O–H groups in total. The number of rotatable bonds is 8. The second kappa shape index (κ2) is 12.7. The third-order valence-corrected chi connectivity index (χ3v) is 9.34. The van der Waals surface area contributed by atoms with E-state index in [2.05, 4.69) is 32.1 Å². The molecule has 3 aromatic heterocycles. The van der Waals surface area contributed by atoms with Gasteiger partial charge in [-0.05, 0) is 49.8 Å². The first-order valence-electron chi connectivity index (χ1n) is 16.0. The fraction of sp³-hybridized carbons (Fsp3) is 0.382. The molecule has 2 saturated heterocycles. The molecule has 0 bridgehead atoms. The van der Waals surface area contributed by atoms with E-state index in [9.17, 15) is 14.9 Å². The molecule has 3 fully saturated rings. The van der Waals surface area contributed by atoms with Gasteiger partial charge in [-0.2, -0.15) is 15.3 Å². The minimum Gasteiger partial charge on any atom is -0.351 e. The Morgan fingerprint density at radius 1 is 1.06 bits per heavy atom. The molecule has 0 unspecified atom stereocenters. The summed E-state index contributed by atoms with van der Waals surface area (Å²) in [5, 5.41) is 23.6. The summed E-state index contributed by atoms with van der Waals surface area (Å²) in [5.41, 5.74) is 3.12. The number of carbonyl (C=O) groups excluding carboxylic acids is 2. The maximum Gasteiger partial charge on any atom is 0.323 e. The summed E-state index contributed by atoms with van der Waals surface area (Å²) in [4.78, 5) is 43.2. The molecule has 1 saturated carbocycles. The van der Waals surface area contributed by atoms with Gasteiger partial charge in [-0.15, -0.1) is 0 Å². The number of carbonyl (C=O) groups is 2. The number of pyridine rings is 1. The van der Waals surface area contributed by atoms with Crippen LogP contribution in [0.1, 0.15) is 49.7 Å². The van der Waals surface area contributed by atoms with E-state index < -0.39 is 0 Å². The largest absolute Gasteiger partial charge is 0.351 e. The summed E-state index contributed by atoms with van der Waals surface area (Å²) >= 11 is 0. The van der Waals surface area contributed by atoms with E-state index in [-0.39, 0.29) is 29.6 Å². The van der Waals surface area contributed by atoms with Gasteiger partial charge in [0.2, 0.25) is 11.9 Å². The van der Waals surface area contributed by atoms with Gasteiger partial charge in [0.15, 0.2) is 5.82 Å². The first-order chi connectivity index (χ1) is 22.9. The fourth-order valence-corrected chi connectivity index (χ4v) is 6.85. The minimum atomic E-state index is -0.214. The quantitative estimate of drug-likeness (QED) is 0.264. The van der Waals surface area contributed by atoms with E-state index in [4.69, 9.17) is 9.97 Å². The van der Waals surface area contributed by atoms with Crippen LogP contribution in [0.25, 0.3) is 11.1 Å². The summed E-state index contributed by atoms with van der Waals surface area (Å²) in [7, 11) is 1.88. The summed E-state index contributed by atoms with van der Waals surface area (Å²) in [6, 6.07) is 15.8. The smallest absolute Gasteiger partial charge is 0.323 e. The average Bonchev–Trinajstić information content (AvgIpc) is 3.70. The number of hydrogen-bond donors (Lipinski definition) is 3. The standard InChI is InChI=1S/C34H37N11O2/c1-43-20-26(19-39-43)24-7-12-29(36-17-24)45(33(47)38-16-23-5-3-2-4-6-23)28-10-8-27(9-11-28)40-32-37-18-25(15-35)31(41-32)44-21-34(22-44)14-13-30(46)42-34/h2-7,12,17-20,27-28H,8-11,13-14,16,21-22H2,1H3,(H,38,47)(H,42,46)(H,37,40,41).